The van der Waals surface area contributed by atoms with Gasteiger partial charge in [-0.1, -0.05) is 40.2 Å². The Labute approximate surface area is 251 Å². The van der Waals surface area contributed by atoms with Crippen molar-refractivity contribution in [2.75, 3.05) is 52.9 Å². The van der Waals surface area contributed by atoms with E-state index in [2.05, 4.69) is 52.3 Å². The number of hydrogen-bond donors (Lipinski definition) is 0. The van der Waals surface area contributed by atoms with Crippen LogP contribution in [-0.2, 0) is 18.9 Å². The molecule has 42 heavy (non-hydrogen) atoms. The van der Waals surface area contributed by atoms with Crippen LogP contribution in [0.2, 0.25) is 0 Å². The number of hydrogen-bond acceptors (Lipinski definition) is 8. The second-order valence-electron chi connectivity index (χ2n) is 11.1. The molecule has 0 spiro atoms. The second kappa shape index (κ2) is 11.2. The number of epoxide rings is 4. The van der Waals surface area contributed by atoms with Crippen LogP contribution in [0.3, 0.4) is 0 Å². The molecule has 4 fully saturated rings. The lowest BCUT2D eigenvalue weighted by Crippen LogP contribution is -2.10. The molecule has 4 unspecified atom stereocenters. The van der Waals surface area contributed by atoms with Gasteiger partial charge in [0.25, 0.3) is 0 Å². The molecule has 4 aliphatic rings. The number of halogens is 1. The monoisotopic (exact) mass is 634 g/mol. The van der Waals surface area contributed by atoms with Crippen LogP contribution in [0.15, 0.2) is 60.7 Å². The van der Waals surface area contributed by atoms with E-state index in [4.69, 9.17) is 37.9 Å². The molecular weight excluding hydrogens is 604 g/mol. The van der Waals surface area contributed by atoms with Gasteiger partial charge in [-0.2, -0.15) is 0 Å². The third-order valence-electron chi connectivity index (χ3n) is 7.83. The van der Waals surface area contributed by atoms with Gasteiger partial charge in [0.05, 0.1) is 31.3 Å². The molecule has 4 aromatic carbocycles. The van der Waals surface area contributed by atoms with Crippen LogP contribution in [0.5, 0.6) is 23.0 Å². The van der Waals surface area contributed by atoms with Crippen LogP contribution in [0.1, 0.15) is 16.0 Å². The molecular formula is C33H31BrO8. The summed E-state index contributed by atoms with van der Waals surface area (Å²) < 4.78 is 46.6. The van der Waals surface area contributed by atoms with Crippen LogP contribution in [0.25, 0.3) is 21.5 Å². The van der Waals surface area contributed by atoms with E-state index >= 15 is 0 Å². The summed E-state index contributed by atoms with van der Waals surface area (Å²) in [5, 5.41) is 4.24. The smallest absolute Gasteiger partial charge is 0.124 e. The molecule has 4 heterocycles. The van der Waals surface area contributed by atoms with Gasteiger partial charge in [0, 0.05) is 11.1 Å². The summed E-state index contributed by atoms with van der Waals surface area (Å²) in [6.07, 6.45) is 0.596. The van der Waals surface area contributed by atoms with Crippen molar-refractivity contribution < 1.29 is 37.9 Å². The van der Waals surface area contributed by atoms with Crippen molar-refractivity contribution in [3.8, 4) is 23.0 Å². The highest BCUT2D eigenvalue weighted by atomic mass is 79.9. The summed E-state index contributed by atoms with van der Waals surface area (Å²) in [6, 6.07) is 20.6. The fourth-order valence-electron chi connectivity index (χ4n) is 5.10. The van der Waals surface area contributed by atoms with E-state index in [1.165, 1.54) is 0 Å². The third-order valence-corrected chi connectivity index (χ3v) is 8.74. The fourth-order valence-corrected chi connectivity index (χ4v) is 6.05. The van der Waals surface area contributed by atoms with E-state index in [0.29, 0.717) is 26.4 Å². The van der Waals surface area contributed by atoms with Crippen molar-refractivity contribution in [2.24, 2.45) is 0 Å². The zero-order valence-corrected chi connectivity index (χ0v) is 24.5. The van der Waals surface area contributed by atoms with Crippen molar-refractivity contribution in [3.63, 3.8) is 0 Å². The second-order valence-corrected chi connectivity index (χ2v) is 12.1. The molecule has 0 aliphatic carbocycles. The van der Waals surface area contributed by atoms with Gasteiger partial charge in [-0.05, 0) is 57.9 Å². The van der Waals surface area contributed by atoms with Crippen molar-refractivity contribution in [1.29, 1.82) is 0 Å². The van der Waals surface area contributed by atoms with Gasteiger partial charge in [0.2, 0.25) is 0 Å². The molecule has 8 nitrogen and oxygen atoms in total. The molecule has 4 atom stereocenters. The molecule has 9 heteroatoms. The average Bonchev–Trinajstić information content (AvgIpc) is 3.84. The minimum atomic E-state index is -0.279. The molecule has 0 bridgehead atoms. The predicted octanol–water partition coefficient (Wildman–Crippen LogP) is 5.59. The van der Waals surface area contributed by atoms with E-state index in [9.17, 15) is 0 Å². The van der Waals surface area contributed by atoms with Gasteiger partial charge in [0.15, 0.2) is 0 Å². The summed E-state index contributed by atoms with van der Waals surface area (Å²) in [5.41, 5.74) is 2.00. The molecule has 0 saturated carbocycles. The summed E-state index contributed by atoms with van der Waals surface area (Å²) in [5.74, 6) is 3.16. The molecule has 4 saturated heterocycles. The largest absolute Gasteiger partial charge is 0.491 e. The number of benzene rings is 4. The van der Waals surface area contributed by atoms with Gasteiger partial charge in [-0.25, -0.2) is 0 Å². The first kappa shape index (κ1) is 26.5. The van der Waals surface area contributed by atoms with Crippen LogP contribution < -0.4 is 18.9 Å². The zero-order valence-electron chi connectivity index (χ0n) is 23.0. The molecule has 4 aromatic rings. The first-order valence-corrected chi connectivity index (χ1v) is 15.3. The van der Waals surface area contributed by atoms with E-state index < -0.39 is 0 Å². The molecule has 0 amide bonds. The number of fused-ring (bicyclic) bond motifs is 2. The lowest BCUT2D eigenvalue weighted by atomic mass is 9.93. The van der Waals surface area contributed by atoms with Crippen LogP contribution in [0.4, 0.5) is 0 Å². The quantitative estimate of drug-likeness (QED) is 0.131. The maximum atomic E-state index is 6.40. The van der Waals surface area contributed by atoms with Crippen LogP contribution in [-0.4, -0.2) is 77.3 Å². The zero-order chi connectivity index (χ0) is 28.0. The highest BCUT2D eigenvalue weighted by molar-refractivity contribution is 9.09. The van der Waals surface area contributed by atoms with Crippen LogP contribution in [0, 0.1) is 0 Å². The molecule has 218 valence electrons. The normalized spacial score (nSPS) is 24.3. The summed E-state index contributed by atoms with van der Waals surface area (Å²) in [7, 11) is 0. The average molecular weight is 636 g/mol. The third kappa shape index (κ3) is 6.02. The lowest BCUT2D eigenvalue weighted by molar-refractivity contribution is 0.259. The number of ether oxygens (including phenoxy) is 8. The summed E-state index contributed by atoms with van der Waals surface area (Å²) in [4.78, 5) is -0.279. The Balaban J connectivity index is 1.24. The maximum Gasteiger partial charge on any atom is 0.124 e. The maximum absolute atomic E-state index is 6.40. The molecule has 0 N–H and O–H groups in total. The Morgan fingerprint density at radius 3 is 1.29 bits per heavy atom. The summed E-state index contributed by atoms with van der Waals surface area (Å²) >= 11 is 4.13. The van der Waals surface area contributed by atoms with Crippen molar-refractivity contribution in [3.05, 3.63) is 71.8 Å². The van der Waals surface area contributed by atoms with Crippen molar-refractivity contribution in [1.82, 2.24) is 0 Å². The highest BCUT2D eigenvalue weighted by Crippen LogP contribution is 2.48. The van der Waals surface area contributed by atoms with E-state index in [1.807, 2.05) is 24.3 Å². The Hall–Kier alpha value is -3.08. The van der Waals surface area contributed by atoms with E-state index in [-0.39, 0.29) is 29.2 Å². The summed E-state index contributed by atoms with van der Waals surface area (Å²) in [6.45, 7) is 5.00. The first-order chi connectivity index (χ1) is 20.7. The Morgan fingerprint density at radius 2 is 0.905 bits per heavy atom. The topological polar surface area (TPSA) is 87.0 Å². The van der Waals surface area contributed by atoms with Gasteiger partial charge in [-0.3, -0.25) is 0 Å². The van der Waals surface area contributed by atoms with Gasteiger partial charge >= 0.3 is 0 Å². The highest BCUT2D eigenvalue weighted by Gasteiger charge is 2.30. The van der Waals surface area contributed by atoms with E-state index in [1.54, 1.807) is 0 Å². The molecule has 8 rings (SSSR count). The van der Waals surface area contributed by atoms with Gasteiger partial charge in [0.1, 0.15) is 73.8 Å². The van der Waals surface area contributed by atoms with Crippen molar-refractivity contribution >= 4 is 37.5 Å². The Kier molecular flexibility index (Phi) is 7.08. The minimum Gasteiger partial charge on any atom is -0.491 e. The van der Waals surface area contributed by atoms with E-state index in [0.717, 1.165) is 82.1 Å². The van der Waals surface area contributed by atoms with Gasteiger partial charge < -0.3 is 37.9 Å². The molecule has 0 radical (unpaired) electrons. The minimum absolute atomic E-state index is 0.126. The number of rotatable bonds is 14. The SMILES string of the molecule is BrC(c1c(OCC2CO2)ccc2ccc(OCC3CO3)cc12)c1c(OCC2CO2)ccc2ccc(OCC3CO3)cc12. The predicted molar refractivity (Wildman–Crippen MR) is 160 cm³/mol. The standard InChI is InChI=1S/C33H31BrO8/c34-33(31-27-9-21(35-11-23-13-37-23)5-1-19(27)3-7-29(31)41-17-25-15-39-25)32-28-10-22(36-12-24-14-38-24)6-2-20(28)4-8-30(32)42-18-26-16-40-26/h1-10,23-26,33H,11-18H2. The molecule has 0 aromatic heterocycles. The number of alkyl halides is 1. The van der Waals surface area contributed by atoms with Crippen LogP contribution >= 0.6 is 15.9 Å². The Morgan fingerprint density at radius 1 is 0.548 bits per heavy atom. The van der Waals surface area contributed by atoms with Crippen molar-refractivity contribution in [2.45, 2.75) is 29.2 Å². The lowest BCUT2D eigenvalue weighted by Gasteiger charge is -2.23. The fraction of sp³-hybridized carbons (Fsp3) is 0.394. The molecule has 4 aliphatic heterocycles. The Bertz CT molecular complexity index is 1480. The first-order valence-electron chi connectivity index (χ1n) is 14.4. The van der Waals surface area contributed by atoms with Gasteiger partial charge in [-0.15, -0.1) is 0 Å².